The number of amides is 1. The maximum atomic E-state index is 12.6. The van der Waals surface area contributed by atoms with Gasteiger partial charge in [-0.2, -0.15) is 0 Å². The average molecular weight is 352 g/mol. The van der Waals surface area contributed by atoms with Crippen LogP contribution in [0.4, 0.5) is 0 Å². The molecule has 0 aromatic heterocycles. The van der Waals surface area contributed by atoms with Crippen LogP contribution < -0.4 is 15.8 Å². The Balaban J connectivity index is 1.55. The van der Waals surface area contributed by atoms with Gasteiger partial charge in [-0.3, -0.25) is 4.79 Å². The topological polar surface area (TPSA) is 73.6 Å². The number of carbonyl (C=O) groups is 1. The second kappa shape index (κ2) is 7.48. The summed E-state index contributed by atoms with van der Waals surface area (Å²) in [5.74, 6) is 0.811. The number of nitrogens with two attached hydrogens (primary N) is 1. The molecule has 0 radical (unpaired) electrons. The van der Waals surface area contributed by atoms with Crippen molar-refractivity contribution in [1.82, 2.24) is 5.32 Å². The van der Waals surface area contributed by atoms with Crippen molar-refractivity contribution < 1.29 is 14.3 Å². The zero-order chi connectivity index (χ0) is 17.9. The van der Waals surface area contributed by atoms with E-state index in [2.05, 4.69) is 23.5 Å². The quantitative estimate of drug-likeness (QED) is 0.887. The van der Waals surface area contributed by atoms with Crippen LogP contribution in [0.25, 0.3) is 11.1 Å². The molecule has 2 aliphatic rings. The molecule has 2 aromatic carbocycles. The van der Waals surface area contributed by atoms with Crippen LogP contribution in [0.2, 0.25) is 0 Å². The normalized spacial score (nSPS) is 24.6. The fourth-order valence-electron chi connectivity index (χ4n) is 3.76. The van der Waals surface area contributed by atoms with Crippen LogP contribution in [0, 0.1) is 0 Å². The first-order valence-corrected chi connectivity index (χ1v) is 9.23. The summed E-state index contributed by atoms with van der Waals surface area (Å²) in [7, 11) is 0. The van der Waals surface area contributed by atoms with Gasteiger partial charge in [0.1, 0.15) is 11.9 Å². The van der Waals surface area contributed by atoms with E-state index in [0.29, 0.717) is 13.2 Å². The Hall–Kier alpha value is -2.37. The molecule has 1 amide bonds. The molecule has 26 heavy (non-hydrogen) atoms. The molecule has 3 atom stereocenters. The van der Waals surface area contributed by atoms with Crippen LogP contribution in [0.3, 0.4) is 0 Å². The fourth-order valence-corrected chi connectivity index (χ4v) is 3.76. The third kappa shape index (κ3) is 3.32. The Labute approximate surface area is 153 Å². The maximum Gasteiger partial charge on any atom is 0.249 e. The Morgan fingerprint density at radius 3 is 2.69 bits per heavy atom. The average Bonchev–Trinajstić information content (AvgIpc) is 3.18. The van der Waals surface area contributed by atoms with Gasteiger partial charge in [-0.15, -0.1) is 0 Å². The van der Waals surface area contributed by atoms with Crippen LogP contribution in [0.5, 0.6) is 5.75 Å². The number of benzene rings is 2. The number of fused-ring (bicyclic) bond motifs is 1. The summed E-state index contributed by atoms with van der Waals surface area (Å²) in [5, 5.41) is 3.16. The summed E-state index contributed by atoms with van der Waals surface area (Å²) in [4.78, 5) is 12.6. The summed E-state index contributed by atoms with van der Waals surface area (Å²) < 4.78 is 11.7. The molecule has 0 aliphatic carbocycles. The zero-order valence-electron chi connectivity index (χ0n) is 14.7. The van der Waals surface area contributed by atoms with Crippen LogP contribution in [-0.2, 0) is 9.53 Å². The van der Waals surface area contributed by atoms with Crippen molar-refractivity contribution in [3.8, 4) is 16.9 Å². The van der Waals surface area contributed by atoms with Gasteiger partial charge in [-0.25, -0.2) is 0 Å². The minimum Gasteiger partial charge on any atom is -0.492 e. The van der Waals surface area contributed by atoms with Gasteiger partial charge in [-0.05, 0) is 18.4 Å². The van der Waals surface area contributed by atoms with Crippen molar-refractivity contribution in [3.63, 3.8) is 0 Å². The van der Waals surface area contributed by atoms with Gasteiger partial charge in [0, 0.05) is 24.1 Å². The highest BCUT2D eigenvalue weighted by atomic mass is 16.5. The van der Waals surface area contributed by atoms with E-state index >= 15 is 0 Å². The first-order chi connectivity index (χ1) is 12.8. The van der Waals surface area contributed by atoms with Crippen molar-refractivity contribution in [1.29, 1.82) is 0 Å². The van der Waals surface area contributed by atoms with Crippen molar-refractivity contribution in [2.45, 2.75) is 37.5 Å². The molecule has 2 aliphatic heterocycles. The molecule has 1 saturated heterocycles. The molecule has 1 unspecified atom stereocenters. The number of para-hydroxylation sites is 1. The number of rotatable bonds is 4. The van der Waals surface area contributed by atoms with Gasteiger partial charge < -0.3 is 20.5 Å². The van der Waals surface area contributed by atoms with E-state index in [9.17, 15) is 4.79 Å². The van der Waals surface area contributed by atoms with Gasteiger partial charge >= 0.3 is 0 Å². The van der Waals surface area contributed by atoms with Crippen LogP contribution in [-0.4, -0.2) is 31.3 Å². The highest BCUT2D eigenvalue weighted by molar-refractivity contribution is 5.82. The molecule has 3 N–H and O–H groups in total. The summed E-state index contributed by atoms with van der Waals surface area (Å²) in [6, 6.07) is 16.2. The third-order valence-corrected chi connectivity index (χ3v) is 5.14. The van der Waals surface area contributed by atoms with E-state index in [-0.39, 0.29) is 18.1 Å². The van der Waals surface area contributed by atoms with Gasteiger partial charge in [-0.1, -0.05) is 48.5 Å². The van der Waals surface area contributed by atoms with Crippen molar-refractivity contribution in [2.24, 2.45) is 5.73 Å². The molecule has 136 valence electrons. The molecule has 2 heterocycles. The fraction of sp³-hybridized carbons (Fsp3) is 0.381. The molecule has 4 rings (SSSR count). The van der Waals surface area contributed by atoms with Crippen molar-refractivity contribution >= 4 is 5.91 Å². The molecule has 2 aromatic rings. The monoisotopic (exact) mass is 352 g/mol. The molecular weight excluding hydrogens is 328 g/mol. The summed E-state index contributed by atoms with van der Waals surface area (Å²) >= 11 is 0. The van der Waals surface area contributed by atoms with Crippen molar-refractivity contribution in [3.05, 3.63) is 54.1 Å². The lowest BCUT2D eigenvalue weighted by atomic mass is 9.94. The Bertz CT molecular complexity index is 778. The molecule has 1 fully saturated rings. The van der Waals surface area contributed by atoms with Gasteiger partial charge in [0.15, 0.2) is 0 Å². The van der Waals surface area contributed by atoms with E-state index in [1.807, 2.05) is 30.3 Å². The summed E-state index contributed by atoms with van der Waals surface area (Å²) in [6.45, 7) is 1.04. The predicted molar refractivity (Wildman–Crippen MR) is 99.8 cm³/mol. The lowest BCUT2D eigenvalue weighted by Crippen LogP contribution is -2.39. The number of carbonyl (C=O) groups excluding carboxylic acids is 1. The Morgan fingerprint density at radius 2 is 1.92 bits per heavy atom. The van der Waals surface area contributed by atoms with Crippen LogP contribution in [0.15, 0.2) is 48.5 Å². The van der Waals surface area contributed by atoms with Crippen molar-refractivity contribution in [2.75, 3.05) is 13.2 Å². The molecule has 0 saturated carbocycles. The smallest absolute Gasteiger partial charge is 0.249 e. The van der Waals surface area contributed by atoms with Gasteiger partial charge in [0.05, 0.1) is 18.8 Å². The number of nitrogens with one attached hydrogen (secondary N) is 1. The van der Waals surface area contributed by atoms with Gasteiger partial charge in [0.25, 0.3) is 0 Å². The molecule has 0 bridgehead atoms. The van der Waals surface area contributed by atoms with E-state index in [0.717, 1.165) is 41.7 Å². The standard InChI is InChI=1S/C21H24N2O3/c22-13-15-9-10-19(26-15)21(24)23-18-11-12-25-20-16(7-4-8-17(18)20)14-5-2-1-3-6-14/h1-8,15,18-19H,9-13,22H2,(H,23,24)/t15-,18?,19+/m1/s1. The second-order valence-electron chi connectivity index (χ2n) is 6.85. The molecule has 5 nitrogen and oxygen atoms in total. The highest BCUT2D eigenvalue weighted by Gasteiger charge is 2.33. The number of ether oxygens (including phenoxy) is 2. The van der Waals surface area contributed by atoms with Gasteiger partial charge in [0.2, 0.25) is 5.91 Å². The first kappa shape index (κ1) is 17.1. The lowest BCUT2D eigenvalue weighted by molar-refractivity contribution is -0.132. The SMILES string of the molecule is NC[C@H]1CC[C@@H](C(=O)NC2CCOc3c(-c4ccccc4)cccc32)O1. The van der Waals surface area contributed by atoms with Crippen LogP contribution in [0.1, 0.15) is 30.9 Å². The minimum atomic E-state index is -0.396. The number of hydrogen-bond donors (Lipinski definition) is 2. The largest absolute Gasteiger partial charge is 0.492 e. The zero-order valence-corrected chi connectivity index (χ0v) is 14.7. The maximum absolute atomic E-state index is 12.6. The van der Waals surface area contributed by atoms with E-state index in [1.165, 1.54) is 0 Å². The predicted octanol–water partition coefficient (Wildman–Crippen LogP) is 2.80. The molecule has 5 heteroatoms. The van der Waals surface area contributed by atoms with E-state index in [1.54, 1.807) is 0 Å². The molecular formula is C21H24N2O3. The molecule has 0 spiro atoms. The number of hydrogen-bond acceptors (Lipinski definition) is 4. The Morgan fingerprint density at radius 1 is 1.08 bits per heavy atom. The lowest BCUT2D eigenvalue weighted by Gasteiger charge is -2.29. The van der Waals surface area contributed by atoms with E-state index in [4.69, 9.17) is 15.2 Å². The minimum absolute atomic E-state index is 0.00240. The summed E-state index contributed by atoms with van der Waals surface area (Å²) in [6.07, 6.45) is 1.93. The third-order valence-electron chi connectivity index (χ3n) is 5.14. The highest BCUT2D eigenvalue weighted by Crippen LogP contribution is 2.40. The first-order valence-electron chi connectivity index (χ1n) is 9.23. The van der Waals surface area contributed by atoms with E-state index < -0.39 is 6.10 Å². The summed E-state index contributed by atoms with van der Waals surface area (Å²) in [5.41, 5.74) is 8.84. The Kier molecular flexibility index (Phi) is 4.91. The second-order valence-corrected chi connectivity index (χ2v) is 6.85. The van der Waals surface area contributed by atoms with Crippen LogP contribution >= 0.6 is 0 Å².